The van der Waals surface area contributed by atoms with E-state index in [0.717, 1.165) is 22.1 Å². The lowest BCUT2D eigenvalue weighted by atomic mass is 10.2. The van der Waals surface area contributed by atoms with Gasteiger partial charge in [0.2, 0.25) is 0 Å². The van der Waals surface area contributed by atoms with E-state index in [-0.39, 0.29) is 11.9 Å². The number of carbonyl (C=O) groups is 2. The van der Waals surface area contributed by atoms with Crippen LogP contribution < -0.4 is 0 Å². The van der Waals surface area contributed by atoms with Crippen molar-refractivity contribution in [2.45, 2.75) is 0 Å². The smallest absolute Gasteiger partial charge is 0.337 e. The van der Waals surface area contributed by atoms with Crippen LogP contribution in [-0.4, -0.2) is 46.1 Å². The number of carbonyl (C=O) groups excluding carboxylic acids is 2. The van der Waals surface area contributed by atoms with Crippen LogP contribution in [0, 0.1) is 4.77 Å². The number of imidazole rings is 2. The van der Waals surface area contributed by atoms with Gasteiger partial charge in [0.25, 0.3) is 0 Å². The minimum atomic E-state index is -0.354. The first-order valence-corrected chi connectivity index (χ1v) is 9.15. The summed E-state index contributed by atoms with van der Waals surface area (Å²) >= 11 is 8.14. The normalized spacial score (nSPS) is 10.4. The average Bonchev–Trinajstić information content (AvgIpc) is 3.25. The van der Waals surface area contributed by atoms with Crippen molar-refractivity contribution in [1.82, 2.24) is 19.9 Å². The van der Waals surface area contributed by atoms with Gasteiger partial charge in [-0.25, -0.2) is 14.6 Å². The molecule has 2 aromatic carbocycles. The van der Waals surface area contributed by atoms with Crippen molar-refractivity contribution in [3.05, 3.63) is 57.0 Å². The molecular weight excluding hydrogens is 448 g/mol. The molecule has 0 bridgehead atoms. The highest BCUT2D eigenvalue weighted by Crippen LogP contribution is 2.17. The summed E-state index contributed by atoms with van der Waals surface area (Å²) in [5.74, 6) is -0.704. The van der Waals surface area contributed by atoms with Crippen molar-refractivity contribution in [3.8, 4) is 0 Å². The van der Waals surface area contributed by atoms with E-state index >= 15 is 0 Å². The van der Waals surface area contributed by atoms with Crippen LogP contribution in [0.1, 0.15) is 20.7 Å². The Hall–Kier alpha value is -2.98. The Balaban J connectivity index is 0.000000161. The topological polar surface area (TPSA) is 113 Å². The number of aromatic nitrogens is 4. The fourth-order valence-electron chi connectivity index (χ4n) is 2.50. The van der Waals surface area contributed by atoms with Gasteiger partial charge in [0.1, 0.15) is 0 Å². The van der Waals surface area contributed by atoms with Crippen molar-refractivity contribution in [2.24, 2.45) is 0 Å². The summed E-state index contributed by atoms with van der Waals surface area (Å²) in [5, 5.41) is 0. The van der Waals surface area contributed by atoms with E-state index in [1.54, 1.807) is 36.4 Å². The molecule has 0 fully saturated rings. The van der Waals surface area contributed by atoms with Gasteiger partial charge in [-0.1, -0.05) is 0 Å². The zero-order valence-electron chi connectivity index (χ0n) is 14.8. The number of fused-ring (bicyclic) bond motifs is 2. The standard InChI is InChI=1S/C9H7BrN2O2.C9H8N2O2S/c1-14-8(13)5-2-3-6-7(4-5)12-9(10)11-6;1-13-8(12)5-2-3-6-7(4-5)11-9(14)10-6/h2-4H,1H3,(H,11,12);2-4H,1H3,(H2,10,11,14). The van der Waals surface area contributed by atoms with E-state index in [0.29, 0.717) is 20.6 Å². The van der Waals surface area contributed by atoms with Crippen LogP contribution in [-0.2, 0) is 9.47 Å². The predicted octanol–water partition coefficient (Wildman–Crippen LogP) is 4.12. The van der Waals surface area contributed by atoms with Gasteiger partial charge in [-0.05, 0) is 64.5 Å². The molecule has 0 radical (unpaired) electrons. The minimum absolute atomic E-state index is 0.349. The van der Waals surface area contributed by atoms with E-state index in [2.05, 4.69) is 45.3 Å². The lowest BCUT2D eigenvalue weighted by molar-refractivity contribution is 0.0592. The summed E-state index contributed by atoms with van der Waals surface area (Å²) in [6, 6.07) is 10.3. The van der Waals surface area contributed by atoms with E-state index in [9.17, 15) is 9.59 Å². The Labute approximate surface area is 172 Å². The van der Waals surface area contributed by atoms with Crippen LogP contribution in [0.5, 0.6) is 0 Å². The summed E-state index contributed by atoms with van der Waals surface area (Å²) < 4.78 is 10.4. The molecular formula is C18H15BrN4O4S. The molecule has 144 valence electrons. The first-order chi connectivity index (χ1) is 13.4. The highest BCUT2D eigenvalue weighted by molar-refractivity contribution is 9.10. The van der Waals surface area contributed by atoms with Crippen LogP contribution in [0.15, 0.2) is 41.1 Å². The van der Waals surface area contributed by atoms with Crippen molar-refractivity contribution in [3.63, 3.8) is 0 Å². The van der Waals surface area contributed by atoms with Crippen molar-refractivity contribution >= 4 is 62.2 Å². The number of hydrogen-bond donors (Lipinski definition) is 3. The fraction of sp³-hybridized carbons (Fsp3) is 0.111. The van der Waals surface area contributed by atoms with Gasteiger partial charge in [-0.2, -0.15) is 0 Å². The maximum Gasteiger partial charge on any atom is 0.337 e. The van der Waals surface area contributed by atoms with Gasteiger partial charge in [-0.3, -0.25) is 0 Å². The Bertz CT molecular complexity index is 1230. The summed E-state index contributed by atoms with van der Waals surface area (Å²) in [5.41, 5.74) is 4.31. The molecule has 0 unspecified atom stereocenters. The zero-order valence-corrected chi connectivity index (χ0v) is 17.2. The Morgan fingerprint density at radius 3 is 2.11 bits per heavy atom. The molecule has 28 heavy (non-hydrogen) atoms. The quantitative estimate of drug-likeness (QED) is 0.305. The highest BCUT2D eigenvalue weighted by Gasteiger charge is 2.08. The number of methoxy groups -OCH3 is 2. The molecule has 0 saturated heterocycles. The van der Waals surface area contributed by atoms with Gasteiger partial charge in [0.15, 0.2) is 9.50 Å². The molecule has 0 aliphatic carbocycles. The van der Waals surface area contributed by atoms with Gasteiger partial charge < -0.3 is 24.4 Å². The molecule has 10 heteroatoms. The van der Waals surface area contributed by atoms with Gasteiger partial charge in [-0.15, -0.1) is 0 Å². The first-order valence-electron chi connectivity index (χ1n) is 7.95. The molecule has 0 amide bonds. The first kappa shape index (κ1) is 19.8. The summed E-state index contributed by atoms with van der Waals surface area (Å²) in [6.45, 7) is 0. The van der Waals surface area contributed by atoms with Crippen LogP contribution in [0.2, 0.25) is 0 Å². The molecule has 0 aliphatic rings. The predicted molar refractivity (Wildman–Crippen MR) is 110 cm³/mol. The van der Waals surface area contributed by atoms with Crippen LogP contribution >= 0.6 is 28.1 Å². The second-order valence-electron chi connectivity index (χ2n) is 5.58. The van der Waals surface area contributed by atoms with E-state index < -0.39 is 0 Å². The number of H-pyrrole nitrogens is 3. The van der Waals surface area contributed by atoms with Crippen LogP contribution in [0.3, 0.4) is 0 Å². The van der Waals surface area contributed by atoms with Crippen molar-refractivity contribution in [2.75, 3.05) is 14.2 Å². The van der Waals surface area contributed by atoms with Crippen molar-refractivity contribution < 1.29 is 19.1 Å². The Morgan fingerprint density at radius 1 is 0.893 bits per heavy atom. The maximum atomic E-state index is 11.2. The molecule has 2 heterocycles. The second kappa shape index (κ2) is 8.36. The van der Waals surface area contributed by atoms with Crippen LogP contribution in [0.4, 0.5) is 0 Å². The molecule has 0 spiro atoms. The molecule has 4 rings (SSSR count). The SMILES string of the molecule is COC(=O)c1ccc2[nH]c(=S)[nH]c2c1.COC(=O)c1ccc2nc(Br)[nH]c2c1. The Kier molecular flexibility index (Phi) is 5.90. The van der Waals surface area contributed by atoms with Gasteiger partial charge in [0, 0.05) is 0 Å². The second-order valence-corrected chi connectivity index (χ2v) is 6.74. The highest BCUT2D eigenvalue weighted by atomic mass is 79.9. The molecule has 3 N–H and O–H groups in total. The molecule has 0 saturated carbocycles. The number of ether oxygens (including phenoxy) is 2. The van der Waals surface area contributed by atoms with E-state index in [4.69, 9.17) is 12.2 Å². The largest absolute Gasteiger partial charge is 0.465 e. The van der Waals surface area contributed by atoms with E-state index in [1.807, 2.05) is 0 Å². The molecule has 8 nitrogen and oxygen atoms in total. The number of halogens is 1. The van der Waals surface area contributed by atoms with Crippen molar-refractivity contribution in [1.29, 1.82) is 0 Å². The lowest BCUT2D eigenvalue weighted by Crippen LogP contribution is -2.00. The number of rotatable bonds is 2. The molecule has 2 aromatic heterocycles. The third kappa shape index (κ3) is 4.29. The number of aromatic amines is 3. The Morgan fingerprint density at radius 2 is 1.46 bits per heavy atom. The molecule has 0 atom stereocenters. The van der Waals surface area contributed by atoms with Crippen LogP contribution in [0.25, 0.3) is 22.1 Å². The number of benzene rings is 2. The third-order valence-corrected chi connectivity index (χ3v) is 4.39. The minimum Gasteiger partial charge on any atom is -0.465 e. The fourth-order valence-corrected chi connectivity index (χ4v) is 3.13. The van der Waals surface area contributed by atoms with Gasteiger partial charge >= 0.3 is 11.9 Å². The summed E-state index contributed by atoms with van der Waals surface area (Å²) in [6.07, 6.45) is 0. The monoisotopic (exact) mass is 462 g/mol. The number of hydrogen-bond acceptors (Lipinski definition) is 6. The summed E-state index contributed by atoms with van der Waals surface area (Å²) in [7, 11) is 2.71. The number of esters is 2. The zero-order chi connectivity index (χ0) is 20.3. The average molecular weight is 463 g/mol. The van der Waals surface area contributed by atoms with Gasteiger partial charge in [0.05, 0.1) is 47.4 Å². The number of nitrogens with zero attached hydrogens (tertiary/aromatic N) is 1. The van der Waals surface area contributed by atoms with E-state index in [1.165, 1.54) is 14.2 Å². The molecule has 4 aromatic rings. The number of nitrogens with one attached hydrogen (secondary N) is 3. The maximum absolute atomic E-state index is 11.2. The molecule has 0 aliphatic heterocycles. The lowest BCUT2D eigenvalue weighted by Gasteiger charge is -1.97. The summed E-state index contributed by atoms with van der Waals surface area (Å²) in [4.78, 5) is 35.4. The third-order valence-electron chi connectivity index (χ3n) is 3.81.